The fourth-order valence-electron chi connectivity index (χ4n) is 7.89. The molecule has 0 atom stereocenters. The molecule has 7 rings (SSSR count). The average molecular weight is 643 g/mol. The van der Waals surface area contributed by atoms with E-state index in [1.807, 2.05) is 13.0 Å². The van der Waals surface area contributed by atoms with E-state index in [9.17, 15) is 4.79 Å². The first-order valence-electron chi connectivity index (χ1n) is 17.5. The van der Waals surface area contributed by atoms with Crippen molar-refractivity contribution in [2.45, 2.75) is 70.9 Å². The number of anilines is 4. The van der Waals surface area contributed by atoms with Crippen LogP contribution in [0.15, 0.2) is 24.3 Å². The van der Waals surface area contributed by atoms with E-state index in [2.05, 4.69) is 67.7 Å². The van der Waals surface area contributed by atoms with Crippen LogP contribution in [0.25, 0.3) is 11.4 Å². The van der Waals surface area contributed by atoms with Gasteiger partial charge < -0.3 is 30.9 Å². The molecule has 0 saturated carbocycles. The fraction of sp³-hybridized carbons (Fsp3) is 0.600. The van der Waals surface area contributed by atoms with Crippen molar-refractivity contribution in [1.29, 1.82) is 0 Å². The van der Waals surface area contributed by atoms with Crippen molar-refractivity contribution < 1.29 is 9.53 Å². The van der Waals surface area contributed by atoms with Gasteiger partial charge >= 0.3 is 0 Å². The summed E-state index contributed by atoms with van der Waals surface area (Å²) in [6.07, 6.45) is 7.74. The highest BCUT2D eigenvalue weighted by Gasteiger charge is 2.46. The summed E-state index contributed by atoms with van der Waals surface area (Å²) >= 11 is 0. The topological polar surface area (TPSA) is 141 Å². The predicted octanol–water partition coefficient (Wildman–Crippen LogP) is 4.17. The van der Waals surface area contributed by atoms with Gasteiger partial charge in [-0.25, -0.2) is 9.97 Å². The van der Waals surface area contributed by atoms with Gasteiger partial charge in [-0.05, 0) is 107 Å². The van der Waals surface area contributed by atoms with E-state index in [1.54, 1.807) is 0 Å². The minimum Gasteiger partial charge on any atom is -0.381 e. The number of hydrogen-bond donors (Lipinski definition) is 4. The maximum Gasteiger partial charge on any atom is 0.271 e. The second-order valence-electron chi connectivity index (χ2n) is 14.2. The third-order valence-electron chi connectivity index (χ3n) is 10.8. The third kappa shape index (κ3) is 6.81. The predicted molar refractivity (Wildman–Crippen MR) is 185 cm³/mol. The van der Waals surface area contributed by atoms with Crippen LogP contribution in [0, 0.1) is 12.3 Å². The number of aryl methyl sites for hydroxylation is 2. The molecule has 3 aromatic rings. The van der Waals surface area contributed by atoms with Crippen LogP contribution in [0.2, 0.25) is 0 Å². The standard InChI is InChI=1S/C35H50N10O2/c1-4-24-20-26(5-6-29(24)44-13-7-27(8-14-44)45-21-35(22-45)11-15-43(3)16-12-35)38-34-31(32(36)46)39-30(28-19-23(2)41-42-28)33(40-34)37-25-9-17-47-18-10-25/h5-6,19-20,25,27H,4,7-18,21-22H2,1-3H3,(H2,36,46)(H,41,42)(H2,37,38,40). The van der Waals surface area contributed by atoms with Crippen molar-refractivity contribution in [2.24, 2.45) is 11.1 Å². The summed E-state index contributed by atoms with van der Waals surface area (Å²) < 4.78 is 5.56. The van der Waals surface area contributed by atoms with Crippen molar-refractivity contribution in [3.63, 3.8) is 0 Å². The summed E-state index contributed by atoms with van der Waals surface area (Å²) in [5.41, 5.74) is 11.9. The quantitative estimate of drug-likeness (QED) is 0.269. The van der Waals surface area contributed by atoms with Gasteiger partial charge in [0.2, 0.25) is 0 Å². The third-order valence-corrected chi connectivity index (χ3v) is 10.8. The molecule has 4 saturated heterocycles. The maximum absolute atomic E-state index is 12.7. The zero-order valence-electron chi connectivity index (χ0n) is 28.1. The number of aromatic amines is 1. The minimum atomic E-state index is -0.648. The molecular weight excluding hydrogens is 592 g/mol. The molecule has 4 aliphatic heterocycles. The molecule has 4 fully saturated rings. The monoisotopic (exact) mass is 642 g/mol. The molecule has 0 radical (unpaired) electrons. The largest absolute Gasteiger partial charge is 0.381 e. The number of benzene rings is 1. The van der Waals surface area contributed by atoms with Crippen LogP contribution in [0.4, 0.5) is 23.0 Å². The summed E-state index contributed by atoms with van der Waals surface area (Å²) in [5.74, 6) is 0.246. The molecule has 12 nitrogen and oxygen atoms in total. The number of rotatable bonds is 9. The molecular formula is C35H50N10O2. The Kier molecular flexibility index (Phi) is 9.08. The van der Waals surface area contributed by atoms with Crippen LogP contribution >= 0.6 is 0 Å². The second-order valence-corrected chi connectivity index (χ2v) is 14.2. The molecule has 0 bridgehead atoms. The second kappa shape index (κ2) is 13.4. The van der Waals surface area contributed by atoms with Crippen LogP contribution in [0.5, 0.6) is 0 Å². The van der Waals surface area contributed by atoms with Crippen molar-refractivity contribution >= 4 is 28.9 Å². The number of amides is 1. The van der Waals surface area contributed by atoms with Crippen LogP contribution < -0.4 is 21.3 Å². The van der Waals surface area contributed by atoms with Gasteiger partial charge in [-0.2, -0.15) is 5.10 Å². The molecule has 47 heavy (non-hydrogen) atoms. The molecule has 1 spiro atoms. The van der Waals surface area contributed by atoms with Gasteiger partial charge in [0.05, 0.1) is 0 Å². The lowest BCUT2D eigenvalue weighted by atomic mass is 9.71. The number of nitrogens with two attached hydrogens (primary N) is 1. The number of hydrogen-bond acceptors (Lipinski definition) is 10. The van der Waals surface area contributed by atoms with Gasteiger partial charge in [0.15, 0.2) is 17.3 Å². The zero-order chi connectivity index (χ0) is 32.5. The van der Waals surface area contributed by atoms with Gasteiger partial charge in [0, 0.05) is 68.5 Å². The van der Waals surface area contributed by atoms with E-state index in [1.165, 1.54) is 63.1 Å². The number of primary amides is 1. The van der Waals surface area contributed by atoms with E-state index < -0.39 is 5.91 Å². The minimum absolute atomic E-state index is 0.0791. The Morgan fingerprint density at radius 2 is 1.79 bits per heavy atom. The van der Waals surface area contributed by atoms with Crippen molar-refractivity contribution in [3.8, 4) is 11.4 Å². The highest BCUT2D eigenvalue weighted by molar-refractivity contribution is 5.97. The fourth-order valence-corrected chi connectivity index (χ4v) is 7.89. The molecule has 2 aromatic heterocycles. The van der Waals surface area contributed by atoms with Crippen molar-refractivity contribution in [3.05, 3.63) is 41.2 Å². The molecule has 1 aromatic carbocycles. The van der Waals surface area contributed by atoms with Gasteiger partial charge in [-0.15, -0.1) is 0 Å². The van der Waals surface area contributed by atoms with Crippen LogP contribution in [0.3, 0.4) is 0 Å². The number of H-pyrrole nitrogens is 1. The molecule has 0 unspecified atom stereocenters. The number of aromatic nitrogens is 4. The average Bonchev–Trinajstić information content (AvgIpc) is 3.50. The molecule has 0 aliphatic carbocycles. The van der Waals surface area contributed by atoms with Gasteiger partial charge in [-0.3, -0.25) is 14.8 Å². The Bertz CT molecular complexity index is 1560. The molecule has 12 heteroatoms. The Balaban J connectivity index is 1.07. The number of nitrogens with one attached hydrogen (secondary N) is 3. The highest BCUT2D eigenvalue weighted by Crippen LogP contribution is 2.43. The highest BCUT2D eigenvalue weighted by atomic mass is 16.5. The van der Waals surface area contributed by atoms with E-state index in [-0.39, 0.29) is 11.7 Å². The Labute approximate surface area is 277 Å². The number of ether oxygens (including phenoxy) is 1. The summed E-state index contributed by atoms with van der Waals surface area (Å²) in [6, 6.07) is 9.22. The smallest absolute Gasteiger partial charge is 0.271 e. The summed E-state index contributed by atoms with van der Waals surface area (Å²) in [6.45, 7) is 12.7. The van der Waals surface area contributed by atoms with Crippen molar-refractivity contribution in [2.75, 3.05) is 75.1 Å². The van der Waals surface area contributed by atoms with Crippen molar-refractivity contribution in [1.82, 2.24) is 30.0 Å². The first-order chi connectivity index (χ1) is 22.8. The number of piperidine rings is 2. The Hall–Kier alpha value is -3.74. The first-order valence-corrected chi connectivity index (χ1v) is 17.5. The van der Waals surface area contributed by atoms with Crippen LogP contribution in [-0.2, 0) is 11.2 Å². The Morgan fingerprint density at radius 3 is 2.45 bits per heavy atom. The number of likely N-dealkylation sites (tertiary alicyclic amines) is 2. The SMILES string of the molecule is CCc1cc(Nc2nc(NC3CCOCC3)c(-c3cc(C)[nH]n3)nc2C(N)=O)ccc1N1CCC(N2CC3(CCN(C)CC3)C2)CC1. The molecule has 5 N–H and O–H groups in total. The normalized spacial score (nSPS) is 21.1. The molecule has 6 heterocycles. The van der Waals surface area contributed by atoms with Gasteiger partial charge in [-0.1, -0.05) is 6.92 Å². The summed E-state index contributed by atoms with van der Waals surface area (Å²) in [5, 5.41) is 14.3. The lowest BCUT2D eigenvalue weighted by molar-refractivity contribution is -0.0704. The summed E-state index contributed by atoms with van der Waals surface area (Å²) in [7, 11) is 2.25. The maximum atomic E-state index is 12.7. The number of nitrogens with zero attached hydrogens (tertiary/aromatic N) is 6. The number of carbonyl (C=O) groups is 1. The summed E-state index contributed by atoms with van der Waals surface area (Å²) in [4.78, 5) is 30.1. The number of carbonyl (C=O) groups excluding carboxylic acids is 1. The van der Waals surface area contributed by atoms with Gasteiger partial charge in [0.25, 0.3) is 5.91 Å². The molecule has 4 aliphatic rings. The van der Waals surface area contributed by atoms with E-state index >= 15 is 0 Å². The van der Waals surface area contributed by atoms with Crippen LogP contribution in [0.1, 0.15) is 67.2 Å². The lowest BCUT2D eigenvalue weighted by Gasteiger charge is -2.57. The Morgan fingerprint density at radius 1 is 1.04 bits per heavy atom. The van der Waals surface area contributed by atoms with E-state index in [4.69, 9.17) is 20.4 Å². The molecule has 252 valence electrons. The van der Waals surface area contributed by atoms with Crippen LogP contribution in [-0.4, -0.2) is 107 Å². The van der Waals surface area contributed by atoms with Gasteiger partial charge in [0.1, 0.15) is 11.4 Å². The lowest BCUT2D eigenvalue weighted by Crippen LogP contribution is -2.63. The zero-order valence-corrected chi connectivity index (χ0v) is 28.1. The first kappa shape index (κ1) is 31.8. The van der Waals surface area contributed by atoms with E-state index in [0.29, 0.717) is 47.7 Å². The molecule has 1 amide bonds. The van der Waals surface area contributed by atoms with E-state index in [0.717, 1.165) is 43.7 Å².